The number of amidine groups is 1. The van der Waals surface area contributed by atoms with Crippen LogP contribution in [0.3, 0.4) is 0 Å². The van der Waals surface area contributed by atoms with Gasteiger partial charge in [-0.1, -0.05) is 30.3 Å². The summed E-state index contributed by atoms with van der Waals surface area (Å²) in [5.41, 5.74) is 1.29. The minimum atomic E-state index is 0.438. The molecule has 3 heteroatoms. The lowest BCUT2D eigenvalue weighted by Crippen LogP contribution is -1.96. The van der Waals surface area contributed by atoms with Gasteiger partial charge >= 0.3 is 0 Å². The van der Waals surface area contributed by atoms with Crippen molar-refractivity contribution in [1.29, 1.82) is 0 Å². The molecule has 0 saturated carbocycles. The van der Waals surface area contributed by atoms with Gasteiger partial charge in [0.25, 0.3) is 0 Å². The monoisotopic (exact) mass is 204 g/mol. The largest absolute Gasteiger partial charge is 0.268 e. The second-order valence-corrected chi connectivity index (χ2v) is 3.32. The SMILES string of the molecule is CCN=C(CCCc1ccccc1)N=O. The molecule has 0 unspecified atom stereocenters. The van der Waals surface area contributed by atoms with E-state index in [0.717, 1.165) is 12.8 Å². The maximum absolute atomic E-state index is 10.4. The molecule has 1 aromatic rings. The minimum Gasteiger partial charge on any atom is -0.268 e. The smallest absolute Gasteiger partial charge is 0.168 e. The molecule has 0 N–H and O–H groups in total. The van der Waals surface area contributed by atoms with Gasteiger partial charge in [0, 0.05) is 13.0 Å². The quantitative estimate of drug-likeness (QED) is 0.412. The Hall–Kier alpha value is -1.51. The van der Waals surface area contributed by atoms with Crippen LogP contribution in [0.25, 0.3) is 0 Å². The number of aryl methyl sites for hydroxylation is 1. The Bertz CT molecular complexity index is 320. The third-order valence-corrected chi connectivity index (χ3v) is 2.15. The fraction of sp³-hybridized carbons (Fsp3) is 0.417. The van der Waals surface area contributed by atoms with Crippen LogP contribution in [0.2, 0.25) is 0 Å². The lowest BCUT2D eigenvalue weighted by molar-refractivity contribution is 0.855. The number of aliphatic imine (C=N–C) groups is 1. The Labute approximate surface area is 90.2 Å². The molecule has 15 heavy (non-hydrogen) atoms. The molecule has 0 amide bonds. The Balaban J connectivity index is 2.33. The molecule has 3 nitrogen and oxygen atoms in total. The van der Waals surface area contributed by atoms with Crippen LogP contribution in [0.15, 0.2) is 40.5 Å². The van der Waals surface area contributed by atoms with Gasteiger partial charge in [-0.25, -0.2) is 0 Å². The summed E-state index contributed by atoms with van der Waals surface area (Å²) in [6, 6.07) is 10.2. The van der Waals surface area contributed by atoms with Crippen LogP contribution in [-0.4, -0.2) is 12.4 Å². The van der Waals surface area contributed by atoms with E-state index < -0.39 is 0 Å². The molecule has 0 saturated heterocycles. The van der Waals surface area contributed by atoms with Crippen LogP contribution >= 0.6 is 0 Å². The first-order valence-electron chi connectivity index (χ1n) is 5.27. The first kappa shape index (κ1) is 11.6. The number of hydrogen-bond donors (Lipinski definition) is 0. The number of nitroso groups, excluding NO2 is 1. The molecule has 0 radical (unpaired) electrons. The van der Waals surface area contributed by atoms with E-state index in [1.54, 1.807) is 0 Å². The van der Waals surface area contributed by atoms with Crippen molar-refractivity contribution >= 4 is 5.84 Å². The van der Waals surface area contributed by atoms with Crippen molar-refractivity contribution in [2.75, 3.05) is 6.54 Å². The molecule has 0 bridgehead atoms. The van der Waals surface area contributed by atoms with Gasteiger partial charge in [0.15, 0.2) is 5.84 Å². The van der Waals surface area contributed by atoms with E-state index in [2.05, 4.69) is 22.3 Å². The van der Waals surface area contributed by atoms with Crippen LogP contribution in [0, 0.1) is 4.91 Å². The first-order valence-corrected chi connectivity index (χ1v) is 5.27. The second-order valence-electron chi connectivity index (χ2n) is 3.32. The van der Waals surface area contributed by atoms with Crippen molar-refractivity contribution in [3.63, 3.8) is 0 Å². The van der Waals surface area contributed by atoms with Gasteiger partial charge in [-0.2, -0.15) is 0 Å². The summed E-state index contributed by atoms with van der Waals surface area (Å²) in [6.45, 7) is 2.54. The highest BCUT2D eigenvalue weighted by Gasteiger charge is 1.98. The number of hydrogen-bond acceptors (Lipinski definition) is 2. The lowest BCUT2D eigenvalue weighted by Gasteiger charge is -1.99. The molecular weight excluding hydrogens is 188 g/mol. The standard InChI is InChI=1S/C12H16N2O/c1-2-13-12(14-15)10-6-9-11-7-4-3-5-8-11/h3-5,7-8H,2,6,9-10H2,1H3. The van der Waals surface area contributed by atoms with E-state index in [0.29, 0.717) is 18.8 Å². The van der Waals surface area contributed by atoms with Gasteiger partial charge in [-0.05, 0) is 30.5 Å². The zero-order valence-corrected chi connectivity index (χ0v) is 9.02. The summed E-state index contributed by atoms with van der Waals surface area (Å²) in [4.78, 5) is 14.4. The number of benzene rings is 1. The molecule has 1 rings (SSSR count). The third-order valence-electron chi connectivity index (χ3n) is 2.15. The molecule has 0 fully saturated rings. The fourth-order valence-corrected chi connectivity index (χ4v) is 1.43. The summed E-state index contributed by atoms with van der Waals surface area (Å²) < 4.78 is 0. The van der Waals surface area contributed by atoms with E-state index in [1.165, 1.54) is 5.56 Å². The van der Waals surface area contributed by atoms with E-state index in [-0.39, 0.29) is 0 Å². The van der Waals surface area contributed by atoms with Crippen LogP contribution in [-0.2, 0) is 6.42 Å². The highest BCUT2D eigenvalue weighted by Crippen LogP contribution is 2.05. The van der Waals surface area contributed by atoms with Crippen molar-refractivity contribution in [2.45, 2.75) is 26.2 Å². The van der Waals surface area contributed by atoms with Crippen LogP contribution in [0.1, 0.15) is 25.3 Å². The zero-order valence-electron chi connectivity index (χ0n) is 9.02. The zero-order chi connectivity index (χ0) is 10.9. The maximum Gasteiger partial charge on any atom is 0.168 e. The molecule has 1 aromatic carbocycles. The summed E-state index contributed by atoms with van der Waals surface area (Å²) in [5.74, 6) is 0.438. The van der Waals surface area contributed by atoms with E-state index >= 15 is 0 Å². The predicted molar refractivity (Wildman–Crippen MR) is 63.2 cm³/mol. The average Bonchev–Trinajstić information content (AvgIpc) is 2.29. The summed E-state index contributed by atoms with van der Waals surface area (Å²) >= 11 is 0. The van der Waals surface area contributed by atoms with E-state index in [4.69, 9.17) is 0 Å². The first-order chi connectivity index (χ1) is 7.36. The van der Waals surface area contributed by atoms with Gasteiger partial charge in [0.1, 0.15) is 0 Å². The van der Waals surface area contributed by atoms with E-state index in [9.17, 15) is 4.91 Å². The van der Waals surface area contributed by atoms with Crippen molar-refractivity contribution < 1.29 is 0 Å². The molecule has 0 atom stereocenters. The molecule has 0 aliphatic rings. The highest BCUT2D eigenvalue weighted by molar-refractivity contribution is 5.82. The molecule has 0 aliphatic carbocycles. The number of rotatable bonds is 5. The van der Waals surface area contributed by atoms with Crippen molar-refractivity contribution in [3.8, 4) is 0 Å². The molecule has 80 valence electrons. The van der Waals surface area contributed by atoms with Gasteiger partial charge in [-0.3, -0.25) is 4.99 Å². The van der Waals surface area contributed by atoms with Gasteiger partial charge in [-0.15, -0.1) is 4.91 Å². The summed E-state index contributed by atoms with van der Waals surface area (Å²) in [5, 5.41) is 2.91. The molecule has 0 aromatic heterocycles. The highest BCUT2D eigenvalue weighted by atomic mass is 16.3. The van der Waals surface area contributed by atoms with E-state index in [1.807, 2.05) is 25.1 Å². The Morgan fingerprint density at radius 3 is 2.60 bits per heavy atom. The minimum absolute atomic E-state index is 0.438. The fourth-order valence-electron chi connectivity index (χ4n) is 1.43. The average molecular weight is 204 g/mol. The molecule has 0 spiro atoms. The van der Waals surface area contributed by atoms with Crippen molar-refractivity contribution in [2.24, 2.45) is 10.2 Å². The molecule has 0 aliphatic heterocycles. The Morgan fingerprint density at radius 1 is 1.27 bits per heavy atom. The van der Waals surface area contributed by atoms with Gasteiger partial charge < -0.3 is 0 Å². The van der Waals surface area contributed by atoms with Gasteiger partial charge in [0.05, 0.1) is 0 Å². The Kier molecular flexibility index (Phi) is 5.30. The molecular formula is C12H16N2O. The predicted octanol–water partition coefficient (Wildman–Crippen LogP) is 3.19. The Morgan fingerprint density at radius 2 is 2.00 bits per heavy atom. The maximum atomic E-state index is 10.4. The van der Waals surface area contributed by atoms with Crippen LogP contribution in [0.4, 0.5) is 0 Å². The van der Waals surface area contributed by atoms with Crippen molar-refractivity contribution in [3.05, 3.63) is 40.8 Å². The normalized spacial score (nSPS) is 11.4. The topological polar surface area (TPSA) is 41.8 Å². The van der Waals surface area contributed by atoms with Crippen LogP contribution in [0.5, 0.6) is 0 Å². The number of nitrogens with zero attached hydrogens (tertiary/aromatic N) is 2. The van der Waals surface area contributed by atoms with Gasteiger partial charge in [0.2, 0.25) is 0 Å². The summed E-state index contributed by atoms with van der Waals surface area (Å²) in [7, 11) is 0. The van der Waals surface area contributed by atoms with Crippen LogP contribution < -0.4 is 0 Å². The lowest BCUT2D eigenvalue weighted by atomic mass is 10.1. The van der Waals surface area contributed by atoms with Crippen molar-refractivity contribution in [1.82, 2.24) is 0 Å². The molecule has 0 heterocycles. The second kappa shape index (κ2) is 6.87. The summed E-state index contributed by atoms with van der Waals surface area (Å²) in [6.07, 6.45) is 2.57. The third kappa shape index (κ3) is 4.49.